The molecule has 82 valence electrons. The molecule has 2 unspecified atom stereocenters. The van der Waals surface area contributed by atoms with E-state index < -0.39 is 5.97 Å². The Balaban J connectivity index is 2.16. The zero-order valence-corrected chi connectivity index (χ0v) is 8.90. The Morgan fingerprint density at radius 1 is 1.56 bits per heavy atom. The van der Waals surface area contributed by atoms with Crippen LogP contribution in [0.2, 0.25) is 0 Å². The van der Waals surface area contributed by atoms with Gasteiger partial charge in [-0.15, -0.1) is 0 Å². The summed E-state index contributed by atoms with van der Waals surface area (Å²) in [4.78, 5) is 18.6. The average Bonchev–Trinajstić information content (AvgIpc) is 2.82. The maximum absolute atomic E-state index is 11.0. The van der Waals surface area contributed by atoms with E-state index in [1.807, 2.05) is 6.07 Å². The predicted molar refractivity (Wildman–Crippen MR) is 59.6 cm³/mol. The fourth-order valence-corrected chi connectivity index (χ4v) is 2.10. The Bertz CT molecular complexity index is 573. The number of nitrogens with one attached hydrogen (secondary N) is 1. The Labute approximate surface area is 92.3 Å². The van der Waals surface area contributed by atoms with E-state index in [4.69, 9.17) is 5.11 Å². The van der Waals surface area contributed by atoms with Gasteiger partial charge in [0, 0.05) is 5.92 Å². The molecule has 1 aliphatic rings. The summed E-state index contributed by atoms with van der Waals surface area (Å²) in [7, 11) is 0. The van der Waals surface area contributed by atoms with E-state index >= 15 is 0 Å². The topological polar surface area (TPSA) is 66.0 Å². The number of carbonyl (C=O) groups is 1. The van der Waals surface area contributed by atoms with Gasteiger partial charge >= 0.3 is 5.97 Å². The van der Waals surface area contributed by atoms with Crippen LogP contribution in [0.3, 0.4) is 0 Å². The monoisotopic (exact) mass is 216 g/mol. The van der Waals surface area contributed by atoms with Crippen molar-refractivity contribution in [1.82, 2.24) is 9.97 Å². The van der Waals surface area contributed by atoms with Crippen molar-refractivity contribution in [3.63, 3.8) is 0 Å². The maximum atomic E-state index is 11.0. The number of aromatic nitrogens is 2. The van der Waals surface area contributed by atoms with Gasteiger partial charge in [-0.3, -0.25) is 0 Å². The highest BCUT2D eigenvalue weighted by Crippen LogP contribution is 2.46. The summed E-state index contributed by atoms with van der Waals surface area (Å²) in [6.07, 6.45) is 1.14. The molecule has 3 rings (SSSR count). The number of imidazole rings is 1. The summed E-state index contributed by atoms with van der Waals surface area (Å²) in [5.74, 6) is 1.14. The summed E-state index contributed by atoms with van der Waals surface area (Å²) >= 11 is 0. The van der Waals surface area contributed by atoms with Crippen molar-refractivity contribution in [2.24, 2.45) is 5.92 Å². The van der Waals surface area contributed by atoms with Crippen LogP contribution in [0.4, 0.5) is 0 Å². The molecular formula is C12H12N2O2. The first-order chi connectivity index (χ1) is 7.66. The first kappa shape index (κ1) is 9.39. The SMILES string of the molecule is CC1CC1c1nc2c(C(=O)O)cccc2[nH]1. The maximum Gasteiger partial charge on any atom is 0.337 e. The van der Waals surface area contributed by atoms with Gasteiger partial charge in [0.25, 0.3) is 0 Å². The number of H-pyrrole nitrogens is 1. The molecule has 1 aliphatic carbocycles. The molecule has 0 radical (unpaired) electrons. The number of para-hydroxylation sites is 1. The Hall–Kier alpha value is -1.84. The number of hydrogen-bond donors (Lipinski definition) is 2. The summed E-state index contributed by atoms with van der Waals surface area (Å²) in [6.45, 7) is 2.18. The number of hydrogen-bond acceptors (Lipinski definition) is 2. The molecule has 4 nitrogen and oxygen atoms in total. The van der Waals surface area contributed by atoms with E-state index in [0.717, 1.165) is 17.8 Å². The third-order valence-electron chi connectivity index (χ3n) is 3.22. The molecule has 2 atom stereocenters. The molecule has 1 saturated carbocycles. The number of fused-ring (bicyclic) bond motifs is 1. The highest BCUT2D eigenvalue weighted by atomic mass is 16.4. The van der Waals surface area contributed by atoms with Crippen LogP contribution < -0.4 is 0 Å². The van der Waals surface area contributed by atoms with Crippen LogP contribution in [-0.4, -0.2) is 21.0 Å². The van der Waals surface area contributed by atoms with E-state index in [0.29, 0.717) is 17.4 Å². The predicted octanol–water partition coefficient (Wildman–Crippen LogP) is 2.38. The standard InChI is InChI=1S/C12H12N2O2/c1-6-5-8(6)11-13-9-4-2-3-7(12(15)16)10(9)14-11/h2-4,6,8H,5H2,1H3,(H,13,14)(H,15,16). The summed E-state index contributed by atoms with van der Waals surface area (Å²) in [6, 6.07) is 5.20. The molecule has 0 bridgehead atoms. The highest BCUT2D eigenvalue weighted by molar-refractivity contribution is 6.00. The number of benzene rings is 1. The minimum atomic E-state index is -0.924. The van der Waals surface area contributed by atoms with Crippen LogP contribution in [-0.2, 0) is 0 Å². The van der Waals surface area contributed by atoms with Crippen LogP contribution in [0.25, 0.3) is 11.0 Å². The first-order valence-electron chi connectivity index (χ1n) is 5.38. The van der Waals surface area contributed by atoms with Gasteiger partial charge < -0.3 is 10.1 Å². The van der Waals surface area contributed by atoms with E-state index in [2.05, 4.69) is 16.9 Å². The molecule has 1 heterocycles. The molecule has 1 fully saturated rings. The minimum absolute atomic E-state index is 0.272. The number of nitrogens with zero attached hydrogens (tertiary/aromatic N) is 1. The normalized spacial score (nSPS) is 23.6. The van der Waals surface area contributed by atoms with E-state index in [9.17, 15) is 4.79 Å². The lowest BCUT2D eigenvalue weighted by Gasteiger charge is -1.93. The van der Waals surface area contributed by atoms with Crippen molar-refractivity contribution < 1.29 is 9.90 Å². The van der Waals surface area contributed by atoms with Crippen molar-refractivity contribution in [3.8, 4) is 0 Å². The Morgan fingerprint density at radius 2 is 2.31 bits per heavy atom. The summed E-state index contributed by atoms with van der Waals surface area (Å²) in [5.41, 5.74) is 1.66. The van der Waals surface area contributed by atoms with Crippen LogP contribution in [0.15, 0.2) is 18.2 Å². The van der Waals surface area contributed by atoms with E-state index in [1.54, 1.807) is 12.1 Å². The van der Waals surface area contributed by atoms with E-state index in [-0.39, 0.29) is 5.56 Å². The number of carboxylic acids is 1. The lowest BCUT2D eigenvalue weighted by molar-refractivity contribution is 0.0699. The molecule has 0 spiro atoms. The van der Waals surface area contributed by atoms with Crippen molar-refractivity contribution >= 4 is 17.0 Å². The van der Waals surface area contributed by atoms with Gasteiger partial charge in [0.2, 0.25) is 0 Å². The zero-order chi connectivity index (χ0) is 11.3. The van der Waals surface area contributed by atoms with E-state index in [1.165, 1.54) is 0 Å². The fourth-order valence-electron chi connectivity index (χ4n) is 2.10. The summed E-state index contributed by atoms with van der Waals surface area (Å²) < 4.78 is 0. The first-order valence-corrected chi connectivity index (χ1v) is 5.38. The molecule has 1 aromatic heterocycles. The molecule has 2 aromatic rings. The van der Waals surface area contributed by atoms with Crippen molar-refractivity contribution in [2.45, 2.75) is 19.3 Å². The van der Waals surface area contributed by atoms with Crippen LogP contribution in [0, 0.1) is 5.92 Å². The third kappa shape index (κ3) is 1.30. The van der Waals surface area contributed by atoms with Crippen molar-refractivity contribution in [1.29, 1.82) is 0 Å². The zero-order valence-electron chi connectivity index (χ0n) is 8.90. The smallest absolute Gasteiger partial charge is 0.337 e. The number of carboxylic acid groups (broad SMARTS) is 1. The Kier molecular flexibility index (Phi) is 1.80. The number of aromatic amines is 1. The molecule has 2 N–H and O–H groups in total. The van der Waals surface area contributed by atoms with Crippen molar-refractivity contribution in [2.75, 3.05) is 0 Å². The largest absolute Gasteiger partial charge is 0.478 e. The summed E-state index contributed by atoms with van der Waals surface area (Å²) in [5, 5.41) is 9.04. The third-order valence-corrected chi connectivity index (χ3v) is 3.22. The minimum Gasteiger partial charge on any atom is -0.478 e. The van der Waals surface area contributed by atoms with Gasteiger partial charge in [-0.25, -0.2) is 9.78 Å². The molecule has 0 amide bonds. The van der Waals surface area contributed by atoms with Gasteiger partial charge in [-0.1, -0.05) is 13.0 Å². The molecule has 0 aliphatic heterocycles. The van der Waals surface area contributed by atoms with Gasteiger partial charge in [0.15, 0.2) is 0 Å². The van der Waals surface area contributed by atoms with Gasteiger partial charge in [-0.05, 0) is 24.5 Å². The molecule has 0 saturated heterocycles. The lowest BCUT2D eigenvalue weighted by Crippen LogP contribution is -1.96. The second-order valence-corrected chi connectivity index (χ2v) is 4.45. The molecule has 16 heavy (non-hydrogen) atoms. The second-order valence-electron chi connectivity index (χ2n) is 4.45. The highest BCUT2D eigenvalue weighted by Gasteiger charge is 2.36. The quantitative estimate of drug-likeness (QED) is 0.809. The fraction of sp³-hybridized carbons (Fsp3) is 0.333. The molecular weight excluding hydrogens is 204 g/mol. The number of aromatic carboxylic acids is 1. The van der Waals surface area contributed by atoms with Crippen molar-refractivity contribution in [3.05, 3.63) is 29.6 Å². The second kappa shape index (κ2) is 3.07. The van der Waals surface area contributed by atoms with Crippen LogP contribution in [0.1, 0.15) is 35.4 Å². The number of rotatable bonds is 2. The average molecular weight is 216 g/mol. The van der Waals surface area contributed by atoms with Gasteiger partial charge in [0.05, 0.1) is 11.1 Å². The lowest BCUT2D eigenvalue weighted by atomic mass is 10.2. The van der Waals surface area contributed by atoms with Gasteiger partial charge in [0.1, 0.15) is 11.3 Å². The van der Waals surface area contributed by atoms with Crippen LogP contribution in [0.5, 0.6) is 0 Å². The molecule has 1 aromatic carbocycles. The Morgan fingerprint density at radius 3 is 2.94 bits per heavy atom. The molecule has 4 heteroatoms. The van der Waals surface area contributed by atoms with Gasteiger partial charge in [-0.2, -0.15) is 0 Å². The van der Waals surface area contributed by atoms with Crippen LogP contribution >= 0.6 is 0 Å².